The summed E-state index contributed by atoms with van der Waals surface area (Å²) in [7, 11) is -4.50. The lowest BCUT2D eigenvalue weighted by atomic mass is 10.1. The molecule has 2 aromatic rings. The molecule has 0 spiro atoms. The van der Waals surface area contributed by atoms with Gasteiger partial charge in [0.2, 0.25) is 0 Å². The van der Waals surface area contributed by atoms with Crippen LogP contribution in [-0.2, 0) is 10.1 Å². The second-order valence-electron chi connectivity index (χ2n) is 3.55. The van der Waals surface area contributed by atoms with Crippen LogP contribution in [0.2, 0.25) is 0 Å². The van der Waals surface area contributed by atoms with Crippen molar-refractivity contribution in [2.24, 2.45) is 0 Å². The Morgan fingerprint density at radius 1 is 1.12 bits per heavy atom. The number of phenolic OH excluding ortho intramolecular Hbond substituents is 1. The number of fused-ring (bicyclic) bond motifs is 1. The smallest absolute Gasteiger partial charge is 0.296 e. The van der Waals surface area contributed by atoms with E-state index in [1.54, 1.807) is 18.2 Å². The highest BCUT2D eigenvalue weighted by molar-refractivity contribution is 7.86. The molecule has 0 saturated carbocycles. The lowest BCUT2D eigenvalue weighted by molar-refractivity contribution is 0.473. The van der Waals surface area contributed by atoms with Crippen LogP contribution in [0.1, 0.15) is 0 Å². The molecule has 0 heterocycles. The minimum absolute atomic E-state index is 0.280. The molecule has 0 saturated heterocycles. The topological polar surface area (TPSA) is 127 Å². The molecule has 17 heavy (non-hydrogen) atoms. The SMILES string of the molecule is Nc1c(S(=O)(=O)O)cc2c(N)cccc2c1O. The number of rotatable bonds is 1. The zero-order chi connectivity index (χ0) is 12.8. The van der Waals surface area contributed by atoms with Crippen molar-refractivity contribution in [2.45, 2.75) is 4.90 Å². The molecular weight excluding hydrogens is 244 g/mol. The zero-order valence-corrected chi connectivity index (χ0v) is 9.40. The molecule has 0 aliphatic rings. The van der Waals surface area contributed by atoms with Gasteiger partial charge in [-0.15, -0.1) is 0 Å². The molecule has 0 aromatic heterocycles. The maximum atomic E-state index is 11.1. The molecule has 90 valence electrons. The number of nitrogens with two attached hydrogens (primary N) is 2. The molecule has 0 aliphatic carbocycles. The Morgan fingerprint density at radius 2 is 1.76 bits per heavy atom. The van der Waals surface area contributed by atoms with Crippen LogP contribution in [0.5, 0.6) is 5.75 Å². The van der Waals surface area contributed by atoms with Crippen molar-refractivity contribution in [3.8, 4) is 5.75 Å². The minimum atomic E-state index is -4.50. The quantitative estimate of drug-likeness (QED) is 0.341. The van der Waals surface area contributed by atoms with E-state index in [1.807, 2.05) is 0 Å². The van der Waals surface area contributed by atoms with E-state index in [0.717, 1.165) is 6.07 Å². The summed E-state index contributed by atoms with van der Waals surface area (Å²) in [5.41, 5.74) is 11.0. The van der Waals surface area contributed by atoms with E-state index in [1.165, 1.54) is 0 Å². The zero-order valence-electron chi connectivity index (χ0n) is 8.58. The van der Waals surface area contributed by atoms with Crippen molar-refractivity contribution in [3.05, 3.63) is 24.3 Å². The summed E-state index contributed by atoms with van der Waals surface area (Å²) in [5.74, 6) is -0.414. The molecular formula is C10H10N2O4S. The van der Waals surface area contributed by atoms with Crippen molar-refractivity contribution in [1.29, 1.82) is 0 Å². The van der Waals surface area contributed by atoms with Gasteiger partial charge in [-0.3, -0.25) is 4.55 Å². The van der Waals surface area contributed by atoms with Gasteiger partial charge in [-0.25, -0.2) is 0 Å². The van der Waals surface area contributed by atoms with Crippen LogP contribution in [0.3, 0.4) is 0 Å². The number of nitrogen functional groups attached to an aromatic ring is 2. The monoisotopic (exact) mass is 254 g/mol. The van der Waals surface area contributed by atoms with Crippen molar-refractivity contribution in [3.63, 3.8) is 0 Å². The van der Waals surface area contributed by atoms with Gasteiger partial charge in [0, 0.05) is 16.5 Å². The highest BCUT2D eigenvalue weighted by Crippen LogP contribution is 2.38. The van der Waals surface area contributed by atoms with Crippen LogP contribution in [0.15, 0.2) is 29.2 Å². The Labute approximate surface area is 97.2 Å². The predicted molar refractivity (Wildman–Crippen MR) is 64.3 cm³/mol. The highest BCUT2D eigenvalue weighted by Gasteiger charge is 2.19. The molecule has 0 atom stereocenters. The molecule has 0 radical (unpaired) electrons. The van der Waals surface area contributed by atoms with Crippen LogP contribution < -0.4 is 11.5 Å². The van der Waals surface area contributed by atoms with Crippen LogP contribution in [0.25, 0.3) is 10.8 Å². The number of benzene rings is 2. The van der Waals surface area contributed by atoms with E-state index in [0.29, 0.717) is 10.8 Å². The molecule has 7 heteroatoms. The Hall–Kier alpha value is -1.99. The maximum Gasteiger partial charge on any atom is 0.296 e. The van der Waals surface area contributed by atoms with Gasteiger partial charge >= 0.3 is 0 Å². The fourth-order valence-corrected chi connectivity index (χ4v) is 2.28. The minimum Gasteiger partial charge on any atom is -0.505 e. The Balaban J connectivity index is 3.01. The average Bonchev–Trinajstić information content (AvgIpc) is 2.22. The summed E-state index contributed by atoms with van der Waals surface area (Å²) in [4.78, 5) is -0.555. The second kappa shape index (κ2) is 3.51. The summed E-state index contributed by atoms with van der Waals surface area (Å²) < 4.78 is 31.2. The van der Waals surface area contributed by atoms with Crippen LogP contribution in [0.4, 0.5) is 11.4 Å². The normalized spacial score (nSPS) is 11.8. The molecule has 0 aliphatic heterocycles. The third kappa shape index (κ3) is 1.75. The van der Waals surface area contributed by atoms with E-state index in [4.69, 9.17) is 16.0 Å². The number of phenols is 1. The number of aromatic hydroxyl groups is 1. The van der Waals surface area contributed by atoms with Gasteiger partial charge in [0.05, 0.1) is 5.69 Å². The summed E-state index contributed by atoms with van der Waals surface area (Å²) in [5, 5.41) is 10.4. The van der Waals surface area contributed by atoms with E-state index in [9.17, 15) is 13.5 Å². The molecule has 6 nitrogen and oxygen atoms in total. The van der Waals surface area contributed by atoms with Gasteiger partial charge in [-0.05, 0) is 12.1 Å². The fraction of sp³-hybridized carbons (Fsp3) is 0. The van der Waals surface area contributed by atoms with Crippen LogP contribution in [0, 0.1) is 0 Å². The van der Waals surface area contributed by atoms with E-state index in [-0.39, 0.29) is 5.69 Å². The van der Waals surface area contributed by atoms with Gasteiger partial charge in [0.25, 0.3) is 10.1 Å². The molecule has 0 amide bonds. The van der Waals surface area contributed by atoms with Crippen molar-refractivity contribution < 1.29 is 18.1 Å². The Kier molecular flexibility index (Phi) is 2.37. The number of anilines is 2. The largest absolute Gasteiger partial charge is 0.505 e. The Bertz CT molecular complexity index is 710. The van der Waals surface area contributed by atoms with Gasteiger partial charge in [0.15, 0.2) is 0 Å². The first-order chi connectivity index (χ1) is 7.82. The first-order valence-electron chi connectivity index (χ1n) is 4.59. The average molecular weight is 254 g/mol. The van der Waals surface area contributed by atoms with Crippen LogP contribution >= 0.6 is 0 Å². The molecule has 0 unspecified atom stereocenters. The molecule has 0 bridgehead atoms. The standard InChI is InChI=1S/C10H10N2O4S/c11-7-3-1-2-5-6(7)4-8(17(14,15)16)9(12)10(5)13/h1-4,13H,11-12H2,(H,14,15,16). The van der Waals surface area contributed by atoms with Crippen molar-refractivity contribution in [1.82, 2.24) is 0 Å². The second-order valence-corrected chi connectivity index (χ2v) is 4.94. The summed E-state index contributed by atoms with van der Waals surface area (Å²) >= 11 is 0. The third-order valence-corrected chi connectivity index (χ3v) is 3.36. The lowest BCUT2D eigenvalue weighted by Gasteiger charge is -2.10. The van der Waals surface area contributed by atoms with Crippen molar-refractivity contribution >= 4 is 32.3 Å². The predicted octanol–water partition coefficient (Wildman–Crippen LogP) is 0.957. The van der Waals surface area contributed by atoms with Gasteiger partial charge < -0.3 is 16.6 Å². The number of hydrogen-bond acceptors (Lipinski definition) is 5. The lowest BCUT2D eigenvalue weighted by Crippen LogP contribution is -2.04. The Morgan fingerprint density at radius 3 is 2.35 bits per heavy atom. The van der Waals surface area contributed by atoms with E-state index >= 15 is 0 Å². The summed E-state index contributed by atoms with van der Waals surface area (Å²) in [6.07, 6.45) is 0. The fourth-order valence-electron chi connectivity index (χ4n) is 1.63. The maximum absolute atomic E-state index is 11.1. The first kappa shape index (κ1) is 11.5. The molecule has 2 rings (SSSR count). The number of hydrogen-bond donors (Lipinski definition) is 4. The summed E-state index contributed by atoms with van der Waals surface area (Å²) in [6, 6.07) is 5.83. The van der Waals surface area contributed by atoms with Crippen LogP contribution in [-0.4, -0.2) is 18.1 Å². The van der Waals surface area contributed by atoms with Crippen molar-refractivity contribution in [2.75, 3.05) is 11.5 Å². The highest BCUT2D eigenvalue weighted by atomic mass is 32.2. The third-order valence-electron chi connectivity index (χ3n) is 2.47. The van der Waals surface area contributed by atoms with E-state index in [2.05, 4.69) is 0 Å². The molecule has 2 aromatic carbocycles. The van der Waals surface area contributed by atoms with Gasteiger partial charge in [-0.1, -0.05) is 12.1 Å². The summed E-state index contributed by atoms with van der Waals surface area (Å²) in [6.45, 7) is 0. The molecule has 6 N–H and O–H groups in total. The van der Waals surface area contributed by atoms with Gasteiger partial charge in [0.1, 0.15) is 10.6 Å². The van der Waals surface area contributed by atoms with E-state index < -0.39 is 26.5 Å². The first-order valence-corrected chi connectivity index (χ1v) is 6.03. The molecule has 0 fully saturated rings. The van der Waals surface area contributed by atoms with Gasteiger partial charge in [-0.2, -0.15) is 8.42 Å².